The summed E-state index contributed by atoms with van der Waals surface area (Å²) in [5.74, 6) is 0. The second-order valence-electron chi connectivity index (χ2n) is 6.75. The van der Waals surface area contributed by atoms with Gasteiger partial charge < -0.3 is 9.88 Å². The average Bonchev–Trinajstić information content (AvgIpc) is 2.98. The first kappa shape index (κ1) is 15.0. The third kappa shape index (κ3) is 3.86. The van der Waals surface area contributed by atoms with Crippen LogP contribution < -0.4 is 5.32 Å². The van der Waals surface area contributed by atoms with E-state index < -0.39 is 0 Å². The van der Waals surface area contributed by atoms with E-state index in [1.165, 1.54) is 58.0 Å². The predicted octanol–water partition coefficient (Wildman–Crippen LogP) is 2.66. The van der Waals surface area contributed by atoms with Gasteiger partial charge in [0.2, 0.25) is 0 Å². The van der Waals surface area contributed by atoms with Gasteiger partial charge in [0.1, 0.15) is 0 Å². The minimum Gasteiger partial charge on any atom is -0.337 e. The molecular formula is C17H30N4. The van der Waals surface area contributed by atoms with E-state index in [0.717, 1.165) is 24.7 Å². The Morgan fingerprint density at radius 2 is 2.00 bits per heavy atom. The zero-order valence-electron chi connectivity index (χ0n) is 13.4. The molecule has 2 saturated heterocycles. The summed E-state index contributed by atoms with van der Waals surface area (Å²) in [5.41, 5.74) is 0. The van der Waals surface area contributed by atoms with Crippen LogP contribution in [0.1, 0.15) is 51.9 Å². The molecule has 0 radical (unpaired) electrons. The van der Waals surface area contributed by atoms with Crippen molar-refractivity contribution in [3.63, 3.8) is 0 Å². The number of aryl methyl sites for hydroxylation is 1. The van der Waals surface area contributed by atoms with Crippen LogP contribution in [0.25, 0.3) is 0 Å². The molecule has 21 heavy (non-hydrogen) atoms. The van der Waals surface area contributed by atoms with Crippen LogP contribution in [0, 0.1) is 0 Å². The largest absolute Gasteiger partial charge is 0.337 e. The fourth-order valence-corrected chi connectivity index (χ4v) is 4.21. The van der Waals surface area contributed by atoms with E-state index in [0.29, 0.717) is 0 Å². The minimum absolute atomic E-state index is 0.769. The number of imidazole rings is 1. The summed E-state index contributed by atoms with van der Waals surface area (Å²) in [7, 11) is 0. The van der Waals surface area contributed by atoms with Gasteiger partial charge in [-0.25, -0.2) is 4.98 Å². The molecule has 2 fully saturated rings. The molecule has 1 aromatic rings. The molecule has 2 bridgehead atoms. The summed E-state index contributed by atoms with van der Waals surface area (Å²) < 4.78 is 2.20. The molecule has 118 valence electrons. The van der Waals surface area contributed by atoms with Crippen molar-refractivity contribution in [1.29, 1.82) is 0 Å². The van der Waals surface area contributed by atoms with E-state index in [1.807, 2.05) is 12.5 Å². The lowest BCUT2D eigenvalue weighted by molar-refractivity contribution is 0.0230. The number of fused-ring (bicyclic) bond motifs is 2. The smallest absolute Gasteiger partial charge is 0.0945 e. The second kappa shape index (κ2) is 7.41. The number of hydrogen-bond donors (Lipinski definition) is 1. The molecule has 2 aliphatic rings. The molecule has 4 nitrogen and oxygen atoms in total. The summed E-state index contributed by atoms with van der Waals surface area (Å²) in [4.78, 5) is 6.95. The third-order valence-corrected chi connectivity index (χ3v) is 5.20. The quantitative estimate of drug-likeness (QED) is 0.838. The van der Waals surface area contributed by atoms with Crippen molar-refractivity contribution < 1.29 is 0 Å². The van der Waals surface area contributed by atoms with Crippen LogP contribution in [0.2, 0.25) is 0 Å². The van der Waals surface area contributed by atoms with E-state index in [4.69, 9.17) is 0 Å². The van der Waals surface area contributed by atoms with Gasteiger partial charge in [0, 0.05) is 43.6 Å². The fraction of sp³-hybridized carbons (Fsp3) is 0.824. The molecule has 2 unspecified atom stereocenters. The molecule has 1 aromatic heterocycles. The van der Waals surface area contributed by atoms with E-state index in [2.05, 4.69) is 32.9 Å². The molecule has 0 aliphatic carbocycles. The van der Waals surface area contributed by atoms with Gasteiger partial charge >= 0.3 is 0 Å². The van der Waals surface area contributed by atoms with Gasteiger partial charge in [0.05, 0.1) is 6.33 Å². The van der Waals surface area contributed by atoms with Gasteiger partial charge in [-0.2, -0.15) is 0 Å². The van der Waals surface area contributed by atoms with Crippen LogP contribution >= 0.6 is 0 Å². The maximum absolute atomic E-state index is 4.12. The normalized spacial score (nSPS) is 29.7. The summed E-state index contributed by atoms with van der Waals surface area (Å²) in [6.45, 7) is 5.81. The number of nitrogens with zero attached hydrogens (tertiary/aromatic N) is 3. The van der Waals surface area contributed by atoms with Crippen molar-refractivity contribution in [2.24, 2.45) is 0 Å². The van der Waals surface area contributed by atoms with Gasteiger partial charge in [-0.1, -0.05) is 13.3 Å². The zero-order chi connectivity index (χ0) is 14.5. The zero-order valence-corrected chi connectivity index (χ0v) is 13.4. The lowest BCUT2D eigenvalue weighted by Crippen LogP contribution is -2.56. The second-order valence-corrected chi connectivity index (χ2v) is 6.75. The maximum Gasteiger partial charge on any atom is 0.0945 e. The monoisotopic (exact) mass is 290 g/mol. The van der Waals surface area contributed by atoms with Crippen molar-refractivity contribution in [2.75, 3.05) is 13.1 Å². The Hall–Kier alpha value is -0.870. The number of aromatic nitrogens is 2. The Labute approximate surface area is 128 Å². The molecule has 0 amide bonds. The van der Waals surface area contributed by atoms with Crippen molar-refractivity contribution in [3.8, 4) is 0 Å². The molecule has 0 spiro atoms. The fourth-order valence-electron chi connectivity index (χ4n) is 4.21. The molecule has 3 rings (SSSR count). The Balaban J connectivity index is 1.49. The highest BCUT2D eigenvalue weighted by atomic mass is 15.2. The van der Waals surface area contributed by atoms with Crippen LogP contribution in [-0.4, -0.2) is 45.7 Å². The van der Waals surface area contributed by atoms with Gasteiger partial charge in [-0.05, 0) is 45.1 Å². The van der Waals surface area contributed by atoms with Crippen LogP contribution in [0.4, 0.5) is 0 Å². The molecule has 1 N–H and O–H groups in total. The summed E-state index contributed by atoms with van der Waals surface area (Å²) in [5, 5.41) is 3.76. The van der Waals surface area contributed by atoms with E-state index in [9.17, 15) is 0 Å². The molecule has 0 saturated carbocycles. The standard InChI is InChI=1S/C17H30N4/c1-2-7-19-15-12-16-5-3-6-17(13-15)21(16)10-4-9-20-11-8-18-14-20/h8,11,14-17,19H,2-7,9-10,12-13H2,1H3. The summed E-state index contributed by atoms with van der Waals surface area (Å²) >= 11 is 0. The van der Waals surface area contributed by atoms with Gasteiger partial charge in [0.25, 0.3) is 0 Å². The van der Waals surface area contributed by atoms with Crippen LogP contribution in [-0.2, 0) is 6.54 Å². The third-order valence-electron chi connectivity index (χ3n) is 5.20. The molecule has 0 aromatic carbocycles. The Kier molecular flexibility index (Phi) is 5.31. The van der Waals surface area contributed by atoms with E-state index in [-0.39, 0.29) is 0 Å². The topological polar surface area (TPSA) is 33.1 Å². The SMILES string of the molecule is CCCNC1CC2CCCC(C1)N2CCCn1ccnc1. The maximum atomic E-state index is 4.12. The average molecular weight is 290 g/mol. The molecular weight excluding hydrogens is 260 g/mol. The van der Waals surface area contributed by atoms with Gasteiger partial charge in [-0.15, -0.1) is 0 Å². The molecule has 2 atom stereocenters. The number of nitrogens with one attached hydrogen (secondary N) is 1. The number of piperidine rings is 2. The lowest BCUT2D eigenvalue weighted by atomic mass is 9.81. The first-order chi connectivity index (χ1) is 10.4. The van der Waals surface area contributed by atoms with Crippen LogP contribution in [0.3, 0.4) is 0 Å². The van der Waals surface area contributed by atoms with Gasteiger partial charge in [0.15, 0.2) is 0 Å². The van der Waals surface area contributed by atoms with Crippen molar-refractivity contribution in [2.45, 2.75) is 76.5 Å². The Bertz CT molecular complexity index is 389. The Morgan fingerprint density at radius 1 is 1.19 bits per heavy atom. The van der Waals surface area contributed by atoms with Crippen molar-refractivity contribution in [1.82, 2.24) is 19.8 Å². The lowest BCUT2D eigenvalue weighted by Gasteiger charge is -2.49. The molecule has 3 heterocycles. The molecule has 4 heteroatoms. The number of hydrogen-bond acceptors (Lipinski definition) is 3. The highest BCUT2D eigenvalue weighted by molar-refractivity contribution is 4.94. The summed E-state index contributed by atoms with van der Waals surface area (Å²) in [6, 6.07) is 2.43. The highest BCUT2D eigenvalue weighted by Gasteiger charge is 2.37. The van der Waals surface area contributed by atoms with E-state index in [1.54, 1.807) is 0 Å². The van der Waals surface area contributed by atoms with Crippen molar-refractivity contribution >= 4 is 0 Å². The first-order valence-corrected chi connectivity index (χ1v) is 8.81. The predicted molar refractivity (Wildman–Crippen MR) is 86.3 cm³/mol. The van der Waals surface area contributed by atoms with Crippen LogP contribution in [0.5, 0.6) is 0 Å². The van der Waals surface area contributed by atoms with Crippen molar-refractivity contribution in [3.05, 3.63) is 18.7 Å². The molecule has 2 aliphatic heterocycles. The van der Waals surface area contributed by atoms with Gasteiger partial charge in [-0.3, -0.25) is 4.90 Å². The summed E-state index contributed by atoms with van der Waals surface area (Å²) in [6.07, 6.45) is 15.4. The minimum atomic E-state index is 0.769. The Morgan fingerprint density at radius 3 is 2.67 bits per heavy atom. The highest BCUT2D eigenvalue weighted by Crippen LogP contribution is 2.34. The number of rotatable bonds is 7. The van der Waals surface area contributed by atoms with Crippen LogP contribution in [0.15, 0.2) is 18.7 Å². The van der Waals surface area contributed by atoms with E-state index >= 15 is 0 Å². The first-order valence-electron chi connectivity index (χ1n) is 8.81.